The van der Waals surface area contributed by atoms with Gasteiger partial charge in [0.05, 0.1) is 18.1 Å². The highest BCUT2D eigenvalue weighted by molar-refractivity contribution is 7.89. The SMILES string of the molecule is COc1cc(C(=O)NCCc2ccc(S(N)(=O)=O)cc2)on1. The molecule has 0 saturated carbocycles. The number of rotatable bonds is 6. The van der Waals surface area contributed by atoms with E-state index in [4.69, 9.17) is 14.4 Å². The van der Waals surface area contributed by atoms with Crippen molar-refractivity contribution in [2.75, 3.05) is 13.7 Å². The van der Waals surface area contributed by atoms with Crippen LogP contribution in [0.3, 0.4) is 0 Å². The van der Waals surface area contributed by atoms with E-state index in [1.807, 2.05) is 0 Å². The molecule has 0 fully saturated rings. The second-order valence-electron chi connectivity index (χ2n) is 4.43. The van der Waals surface area contributed by atoms with Gasteiger partial charge in [0.25, 0.3) is 11.8 Å². The zero-order valence-corrected chi connectivity index (χ0v) is 12.6. The summed E-state index contributed by atoms with van der Waals surface area (Å²) in [6.45, 7) is 0.358. The molecule has 9 heteroatoms. The molecule has 0 saturated heterocycles. The maximum atomic E-state index is 11.8. The Morgan fingerprint density at radius 3 is 2.59 bits per heavy atom. The lowest BCUT2D eigenvalue weighted by molar-refractivity contribution is 0.0917. The molecule has 0 unspecified atom stereocenters. The smallest absolute Gasteiger partial charge is 0.290 e. The van der Waals surface area contributed by atoms with Crippen LogP contribution >= 0.6 is 0 Å². The van der Waals surface area contributed by atoms with Gasteiger partial charge in [-0.1, -0.05) is 12.1 Å². The maximum Gasteiger partial charge on any atom is 0.290 e. The van der Waals surface area contributed by atoms with Crippen molar-refractivity contribution >= 4 is 15.9 Å². The van der Waals surface area contributed by atoms with E-state index in [0.29, 0.717) is 13.0 Å². The quantitative estimate of drug-likeness (QED) is 0.787. The molecule has 118 valence electrons. The van der Waals surface area contributed by atoms with Gasteiger partial charge in [0, 0.05) is 6.54 Å². The molecule has 2 rings (SSSR count). The molecule has 1 heterocycles. The standard InChI is InChI=1S/C13H15N3O5S/c1-20-12-8-11(21-16-12)13(17)15-7-6-9-2-4-10(5-3-9)22(14,18)19/h2-5,8H,6-7H2,1H3,(H,15,17)(H2,14,18,19). The Balaban J connectivity index is 1.87. The Hall–Kier alpha value is -2.39. The number of nitrogens with two attached hydrogens (primary N) is 1. The molecule has 0 aliphatic heterocycles. The fourth-order valence-electron chi connectivity index (χ4n) is 1.72. The van der Waals surface area contributed by atoms with E-state index < -0.39 is 15.9 Å². The molecule has 0 atom stereocenters. The number of carbonyl (C=O) groups is 1. The van der Waals surface area contributed by atoms with Gasteiger partial charge in [-0.3, -0.25) is 4.79 Å². The van der Waals surface area contributed by atoms with Gasteiger partial charge < -0.3 is 14.6 Å². The second-order valence-corrected chi connectivity index (χ2v) is 5.99. The highest BCUT2D eigenvalue weighted by Crippen LogP contribution is 2.11. The number of carbonyl (C=O) groups excluding carboxylic acids is 1. The fraction of sp³-hybridized carbons (Fsp3) is 0.231. The number of amides is 1. The topological polar surface area (TPSA) is 125 Å². The summed E-state index contributed by atoms with van der Waals surface area (Å²) in [6, 6.07) is 7.52. The first-order valence-electron chi connectivity index (χ1n) is 6.31. The number of methoxy groups -OCH3 is 1. The van der Waals surface area contributed by atoms with Gasteiger partial charge in [-0.25, -0.2) is 13.6 Å². The highest BCUT2D eigenvalue weighted by Gasteiger charge is 2.12. The Morgan fingerprint density at radius 2 is 2.05 bits per heavy atom. The van der Waals surface area contributed by atoms with Crippen LogP contribution in [-0.2, 0) is 16.4 Å². The number of sulfonamides is 1. The van der Waals surface area contributed by atoms with Crippen molar-refractivity contribution in [3.05, 3.63) is 41.7 Å². The van der Waals surface area contributed by atoms with Crippen LogP contribution in [0.15, 0.2) is 39.8 Å². The molecule has 0 bridgehead atoms. The minimum absolute atomic E-state index is 0.0500. The van der Waals surface area contributed by atoms with Crippen LogP contribution in [0.1, 0.15) is 16.1 Å². The van der Waals surface area contributed by atoms with Crippen molar-refractivity contribution in [2.24, 2.45) is 5.14 Å². The predicted molar refractivity (Wildman–Crippen MR) is 76.9 cm³/mol. The monoisotopic (exact) mass is 325 g/mol. The molecule has 3 N–H and O–H groups in total. The summed E-state index contributed by atoms with van der Waals surface area (Å²) >= 11 is 0. The summed E-state index contributed by atoms with van der Waals surface area (Å²) in [5, 5.41) is 11.2. The van der Waals surface area contributed by atoms with E-state index >= 15 is 0 Å². The zero-order chi connectivity index (χ0) is 16.2. The van der Waals surface area contributed by atoms with Gasteiger partial charge in [0.15, 0.2) is 0 Å². The lowest BCUT2D eigenvalue weighted by Gasteiger charge is -2.04. The Labute approximate surface area is 127 Å². The normalized spacial score (nSPS) is 11.2. The van der Waals surface area contributed by atoms with Gasteiger partial charge in [0.1, 0.15) is 0 Å². The van der Waals surface area contributed by atoms with Gasteiger partial charge in [0.2, 0.25) is 15.8 Å². The first kappa shape index (κ1) is 16.0. The number of nitrogens with zero attached hydrogens (tertiary/aromatic N) is 1. The molecule has 0 aliphatic carbocycles. The number of benzene rings is 1. The molecule has 0 aliphatic rings. The third kappa shape index (κ3) is 4.06. The Bertz CT molecular complexity index is 752. The first-order chi connectivity index (χ1) is 10.4. The summed E-state index contributed by atoms with van der Waals surface area (Å²) in [4.78, 5) is 11.8. The van der Waals surface area contributed by atoms with Crippen molar-refractivity contribution < 1.29 is 22.5 Å². The number of nitrogens with one attached hydrogen (secondary N) is 1. The van der Waals surface area contributed by atoms with Gasteiger partial charge in [-0.15, -0.1) is 0 Å². The average Bonchev–Trinajstić information content (AvgIpc) is 2.96. The van der Waals surface area contributed by atoms with E-state index in [1.165, 1.54) is 25.3 Å². The van der Waals surface area contributed by atoms with Crippen LogP contribution in [-0.4, -0.2) is 33.1 Å². The molecule has 1 aromatic carbocycles. The van der Waals surface area contributed by atoms with E-state index in [0.717, 1.165) is 5.56 Å². The molecule has 1 amide bonds. The molecule has 0 spiro atoms. The molecule has 8 nitrogen and oxygen atoms in total. The lowest BCUT2D eigenvalue weighted by Crippen LogP contribution is -2.25. The van der Waals surface area contributed by atoms with Gasteiger partial charge in [-0.2, -0.15) is 0 Å². The van der Waals surface area contributed by atoms with Crippen molar-refractivity contribution in [2.45, 2.75) is 11.3 Å². The lowest BCUT2D eigenvalue weighted by atomic mass is 10.1. The zero-order valence-electron chi connectivity index (χ0n) is 11.8. The van der Waals surface area contributed by atoms with Crippen molar-refractivity contribution in [1.82, 2.24) is 10.5 Å². The van der Waals surface area contributed by atoms with Crippen LogP contribution in [0, 0.1) is 0 Å². The minimum Gasteiger partial charge on any atom is -0.479 e. The third-order valence-electron chi connectivity index (χ3n) is 2.87. The first-order valence-corrected chi connectivity index (χ1v) is 7.85. The third-order valence-corrected chi connectivity index (χ3v) is 3.80. The molecule has 0 radical (unpaired) electrons. The van der Waals surface area contributed by atoms with Crippen molar-refractivity contribution in [3.8, 4) is 5.88 Å². The summed E-state index contributed by atoms with van der Waals surface area (Å²) in [6.07, 6.45) is 0.530. The summed E-state index contributed by atoms with van der Waals surface area (Å²) in [5.74, 6) is -0.123. The van der Waals surface area contributed by atoms with E-state index in [1.54, 1.807) is 12.1 Å². The molecular formula is C13H15N3O5S. The van der Waals surface area contributed by atoms with E-state index in [2.05, 4.69) is 10.5 Å². The molecule has 2 aromatic rings. The second kappa shape index (κ2) is 6.58. The number of hydrogen-bond donors (Lipinski definition) is 2. The van der Waals surface area contributed by atoms with Crippen LogP contribution in [0.2, 0.25) is 0 Å². The van der Waals surface area contributed by atoms with Crippen molar-refractivity contribution in [3.63, 3.8) is 0 Å². The molecule has 22 heavy (non-hydrogen) atoms. The van der Waals surface area contributed by atoms with E-state index in [-0.39, 0.29) is 16.5 Å². The van der Waals surface area contributed by atoms with Crippen LogP contribution in [0.5, 0.6) is 5.88 Å². The van der Waals surface area contributed by atoms with Gasteiger partial charge in [-0.05, 0) is 29.3 Å². The Kier molecular flexibility index (Phi) is 4.78. The minimum atomic E-state index is -3.69. The van der Waals surface area contributed by atoms with Crippen LogP contribution in [0.25, 0.3) is 0 Å². The van der Waals surface area contributed by atoms with Crippen LogP contribution < -0.4 is 15.2 Å². The Morgan fingerprint density at radius 1 is 1.36 bits per heavy atom. The molecule has 1 aromatic heterocycles. The maximum absolute atomic E-state index is 11.8. The number of hydrogen-bond acceptors (Lipinski definition) is 6. The fourth-order valence-corrected chi connectivity index (χ4v) is 2.23. The summed E-state index contributed by atoms with van der Waals surface area (Å²) in [7, 11) is -2.27. The summed E-state index contributed by atoms with van der Waals surface area (Å²) in [5.41, 5.74) is 0.864. The van der Waals surface area contributed by atoms with Crippen molar-refractivity contribution in [1.29, 1.82) is 0 Å². The average molecular weight is 325 g/mol. The largest absolute Gasteiger partial charge is 0.479 e. The molecular weight excluding hydrogens is 310 g/mol. The summed E-state index contributed by atoms with van der Waals surface area (Å²) < 4.78 is 31.9. The highest BCUT2D eigenvalue weighted by atomic mass is 32.2. The number of aromatic nitrogens is 1. The number of primary sulfonamides is 1. The van der Waals surface area contributed by atoms with Gasteiger partial charge >= 0.3 is 0 Å². The number of ether oxygens (including phenoxy) is 1. The van der Waals surface area contributed by atoms with Crippen LogP contribution in [0.4, 0.5) is 0 Å². The van der Waals surface area contributed by atoms with E-state index in [9.17, 15) is 13.2 Å². The predicted octanol–water partition coefficient (Wildman–Crippen LogP) is 0.303.